The first-order valence-corrected chi connectivity index (χ1v) is 12.4. The van der Waals surface area contributed by atoms with E-state index in [0.29, 0.717) is 44.1 Å². The number of benzene rings is 3. The summed E-state index contributed by atoms with van der Waals surface area (Å²) in [5.74, 6) is 0.332. The van der Waals surface area contributed by atoms with Gasteiger partial charge >= 0.3 is 0 Å². The van der Waals surface area contributed by atoms with Crippen LogP contribution in [0.4, 0.5) is 5.69 Å². The third-order valence-corrected chi connectivity index (χ3v) is 7.14. The highest BCUT2D eigenvalue weighted by Crippen LogP contribution is 2.42. The van der Waals surface area contributed by atoms with Crippen LogP contribution in [0.3, 0.4) is 0 Å². The minimum absolute atomic E-state index is 0.295. The highest BCUT2D eigenvalue weighted by atomic mass is 35.5. The average molecular weight is 502 g/mol. The van der Waals surface area contributed by atoms with Crippen LogP contribution in [-0.2, 0) is 10.5 Å². The van der Waals surface area contributed by atoms with Crippen molar-refractivity contribution in [3.63, 3.8) is 0 Å². The molecule has 7 heteroatoms. The number of para-hydroxylation sites is 2. The summed E-state index contributed by atoms with van der Waals surface area (Å²) in [5.41, 5.74) is 4.07. The van der Waals surface area contributed by atoms with E-state index in [-0.39, 0.29) is 5.91 Å². The number of methoxy groups -OCH3 is 1. The van der Waals surface area contributed by atoms with Crippen molar-refractivity contribution >= 4 is 35.0 Å². The van der Waals surface area contributed by atoms with Crippen molar-refractivity contribution in [3.8, 4) is 11.8 Å². The number of amides is 1. The normalized spacial score (nSPS) is 15.3. The van der Waals surface area contributed by atoms with Gasteiger partial charge in [-0.3, -0.25) is 4.79 Å². The number of ether oxygens (including phenoxy) is 1. The second kappa shape index (κ2) is 11.2. The number of nitrogens with one attached hydrogen (secondary N) is 2. The van der Waals surface area contributed by atoms with Gasteiger partial charge in [-0.05, 0) is 36.2 Å². The topological polar surface area (TPSA) is 74.2 Å². The molecule has 1 unspecified atom stereocenters. The lowest BCUT2D eigenvalue weighted by Crippen LogP contribution is -2.30. The fraction of sp³-hybridized carbons (Fsp3) is 0.143. The summed E-state index contributed by atoms with van der Waals surface area (Å²) in [4.78, 5) is 13.6. The second-order valence-corrected chi connectivity index (χ2v) is 9.29. The number of thioether (sulfide) groups is 1. The van der Waals surface area contributed by atoms with Crippen molar-refractivity contribution in [2.24, 2.45) is 0 Å². The molecule has 0 spiro atoms. The lowest BCUT2D eigenvalue weighted by atomic mass is 9.82. The monoisotopic (exact) mass is 501 g/mol. The van der Waals surface area contributed by atoms with E-state index in [4.69, 9.17) is 16.3 Å². The maximum Gasteiger partial charge on any atom is 0.254 e. The van der Waals surface area contributed by atoms with Gasteiger partial charge in [0, 0.05) is 22.0 Å². The number of carbonyl (C=O) groups is 1. The number of nitrogens with zero attached hydrogens (tertiary/aromatic N) is 1. The lowest BCUT2D eigenvalue weighted by Gasteiger charge is -2.30. The summed E-state index contributed by atoms with van der Waals surface area (Å²) in [6, 6.07) is 26.9. The Bertz CT molecular complexity index is 1350. The molecule has 0 saturated heterocycles. The number of hydrogen-bond acceptors (Lipinski definition) is 5. The molecule has 0 bridgehead atoms. The Kier molecular flexibility index (Phi) is 7.81. The molecule has 3 aromatic rings. The van der Waals surface area contributed by atoms with Gasteiger partial charge in [-0.2, -0.15) is 5.26 Å². The fourth-order valence-electron chi connectivity index (χ4n) is 4.01. The Labute approximate surface area is 214 Å². The predicted molar refractivity (Wildman–Crippen MR) is 142 cm³/mol. The zero-order valence-electron chi connectivity index (χ0n) is 19.3. The van der Waals surface area contributed by atoms with E-state index in [0.717, 1.165) is 11.1 Å². The molecule has 5 nitrogen and oxygen atoms in total. The zero-order chi connectivity index (χ0) is 24.8. The first-order valence-electron chi connectivity index (χ1n) is 11.0. The summed E-state index contributed by atoms with van der Waals surface area (Å²) < 4.78 is 5.39. The maximum absolute atomic E-state index is 13.6. The SMILES string of the molecule is COc1ccccc1NC(=O)C1=C(C)NC(SCc2ccccc2Cl)=C(C#N)C1c1ccccc1. The number of nitriles is 1. The number of rotatable bonds is 7. The van der Waals surface area contributed by atoms with Gasteiger partial charge in [0.1, 0.15) is 5.75 Å². The van der Waals surface area contributed by atoms with Gasteiger partial charge in [-0.15, -0.1) is 11.8 Å². The zero-order valence-corrected chi connectivity index (χ0v) is 20.9. The molecule has 2 N–H and O–H groups in total. The standard InChI is InChI=1S/C28H24ClN3O2S/c1-18-25(27(33)32-23-14-8-9-15-24(23)34-2)26(19-10-4-3-5-11-19)21(16-30)28(31-18)35-17-20-12-6-7-13-22(20)29/h3-15,26,31H,17H2,1-2H3,(H,32,33). The molecule has 1 amide bonds. The molecule has 0 fully saturated rings. The third kappa shape index (κ3) is 5.37. The predicted octanol–water partition coefficient (Wildman–Crippen LogP) is 6.62. The molecule has 0 aliphatic carbocycles. The van der Waals surface area contributed by atoms with Gasteiger partial charge in [-0.25, -0.2) is 0 Å². The van der Waals surface area contributed by atoms with Crippen LogP contribution in [0.5, 0.6) is 5.75 Å². The minimum atomic E-state index is -0.522. The van der Waals surface area contributed by atoms with Crippen LogP contribution < -0.4 is 15.4 Å². The average Bonchev–Trinajstić information content (AvgIpc) is 2.88. The Morgan fingerprint density at radius 1 is 1.09 bits per heavy atom. The molecule has 1 aliphatic rings. The van der Waals surface area contributed by atoms with Crippen molar-refractivity contribution in [1.82, 2.24) is 5.32 Å². The molecule has 1 atom stereocenters. The van der Waals surface area contributed by atoms with Crippen LogP contribution in [0.25, 0.3) is 0 Å². The Morgan fingerprint density at radius 2 is 1.77 bits per heavy atom. The van der Waals surface area contributed by atoms with Crippen molar-refractivity contribution in [3.05, 3.63) is 117 Å². The Hall–Kier alpha value is -3.66. The van der Waals surface area contributed by atoms with E-state index in [1.165, 1.54) is 11.8 Å². The van der Waals surface area contributed by atoms with Crippen LogP contribution in [0.1, 0.15) is 24.0 Å². The number of anilines is 1. The minimum Gasteiger partial charge on any atom is -0.495 e. The first kappa shape index (κ1) is 24.5. The largest absolute Gasteiger partial charge is 0.495 e. The summed E-state index contributed by atoms with van der Waals surface area (Å²) in [5, 5.41) is 17.9. The molecule has 4 rings (SSSR count). The van der Waals surface area contributed by atoms with E-state index < -0.39 is 5.92 Å². The van der Waals surface area contributed by atoms with Gasteiger partial charge in [0.05, 0.1) is 35.4 Å². The Morgan fingerprint density at radius 3 is 2.49 bits per heavy atom. The van der Waals surface area contributed by atoms with E-state index in [2.05, 4.69) is 16.7 Å². The van der Waals surface area contributed by atoms with Crippen molar-refractivity contribution in [2.75, 3.05) is 12.4 Å². The quantitative estimate of drug-likeness (QED) is 0.380. The van der Waals surface area contributed by atoms with Crippen molar-refractivity contribution in [1.29, 1.82) is 5.26 Å². The van der Waals surface area contributed by atoms with Crippen LogP contribution in [-0.4, -0.2) is 13.0 Å². The van der Waals surface area contributed by atoms with E-state index >= 15 is 0 Å². The number of dihydropyridines is 1. The molecule has 0 radical (unpaired) electrons. The van der Waals surface area contributed by atoms with Crippen LogP contribution in [0, 0.1) is 11.3 Å². The molecule has 1 heterocycles. The molecule has 176 valence electrons. The summed E-state index contributed by atoms with van der Waals surface area (Å²) in [6.45, 7) is 1.86. The number of carbonyl (C=O) groups excluding carboxylic acids is 1. The van der Waals surface area contributed by atoms with Gasteiger partial charge in [0.15, 0.2) is 0 Å². The van der Waals surface area contributed by atoms with Gasteiger partial charge < -0.3 is 15.4 Å². The molecule has 0 saturated carbocycles. The fourth-order valence-corrected chi connectivity index (χ4v) is 5.39. The number of allylic oxidation sites excluding steroid dienone is 2. The Balaban J connectivity index is 1.72. The summed E-state index contributed by atoms with van der Waals surface area (Å²) in [6.07, 6.45) is 0. The van der Waals surface area contributed by atoms with Gasteiger partial charge in [0.2, 0.25) is 0 Å². The summed E-state index contributed by atoms with van der Waals surface area (Å²) >= 11 is 7.84. The highest BCUT2D eigenvalue weighted by Gasteiger charge is 2.34. The van der Waals surface area contributed by atoms with Gasteiger partial charge in [0.25, 0.3) is 5.91 Å². The lowest BCUT2D eigenvalue weighted by molar-refractivity contribution is -0.113. The molecular weight excluding hydrogens is 478 g/mol. The van der Waals surface area contributed by atoms with E-state index in [9.17, 15) is 10.1 Å². The number of halogens is 1. The molecule has 0 aromatic heterocycles. The molecule has 35 heavy (non-hydrogen) atoms. The first-order chi connectivity index (χ1) is 17.0. The highest BCUT2D eigenvalue weighted by molar-refractivity contribution is 8.02. The van der Waals surface area contributed by atoms with E-state index in [1.54, 1.807) is 19.2 Å². The van der Waals surface area contributed by atoms with Gasteiger partial charge in [-0.1, -0.05) is 72.3 Å². The van der Waals surface area contributed by atoms with Crippen LogP contribution in [0.2, 0.25) is 5.02 Å². The van der Waals surface area contributed by atoms with Crippen molar-refractivity contribution < 1.29 is 9.53 Å². The third-order valence-electron chi connectivity index (χ3n) is 5.71. The molecular formula is C28H24ClN3O2S. The number of hydrogen-bond donors (Lipinski definition) is 2. The van der Waals surface area contributed by atoms with Crippen LogP contribution in [0.15, 0.2) is 101 Å². The molecule has 3 aromatic carbocycles. The summed E-state index contributed by atoms with van der Waals surface area (Å²) in [7, 11) is 1.56. The molecule has 1 aliphatic heterocycles. The second-order valence-electron chi connectivity index (χ2n) is 7.90. The smallest absolute Gasteiger partial charge is 0.254 e. The maximum atomic E-state index is 13.6. The van der Waals surface area contributed by atoms with Crippen molar-refractivity contribution in [2.45, 2.75) is 18.6 Å². The van der Waals surface area contributed by atoms with E-state index in [1.807, 2.05) is 73.7 Å². The van der Waals surface area contributed by atoms with Crippen LogP contribution >= 0.6 is 23.4 Å².